The lowest BCUT2D eigenvalue weighted by atomic mass is 9.80. The molecule has 4 nitrogen and oxygen atoms in total. The number of phenolic OH excluding ortho intramolecular Hbond substituents is 1. The van der Waals surface area contributed by atoms with Crippen molar-refractivity contribution in [1.29, 1.82) is 0 Å². The summed E-state index contributed by atoms with van der Waals surface area (Å²) in [6.07, 6.45) is 1.72. The molecule has 2 N–H and O–H groups in total. The Bertz CT molecular complexity index is 563. The van der Waals surface area contributed by atoms with E-state index in [4.69, 9.17) is 0 Å². The lowest BCUT2D eigenvalue weighted by Gasteiger charge is -2.25. The lowest BCUT2D eigenvalue weighted by molar-refractivity contribution is -0.132. The van der Waals surface area contributed by atoms with Gasteiger partial charge in [-0.1, -0.05) is 53.7 Å². The van der Waals surface area contributed by atoms with E-state index in [1.807, 2.05) is 6.07 Å². The number of hydrogen-bond acceptors (Lipinski definition) is 3. The number of rotatable bonds is 0. The first-order valence-electron chi connectivity index (χ1n) is 8.08. The number of carbonyl (C=O) groups excluding carboxylic acids is 2. The van der Waals surface area contributed by atoms with Gasteiger partial charge in [0, 0.05) is 12.8 Å². The van der Waals surface area contributed by atoms with Crippen LogP contribution >= 0.6 is 0 Å². The van der Waals surface area contributed by atoms with Gasteiger partial charge in [0.15, 0.2) is 0 Å². The SMILES string of the molecule is CC(C)(C)c1ccc(O)c(C(C)(C)C)c1.O=C1CCCC(=O)N1. The van der Waals surface area contributed by atoms with E-state index >= 15 is 0 Å². The first kappa shape index (κ1) is 19.2. The van der Waals surface area contributed by atoms with Gasteiger partial charge < -0.3 is 5.11 Å². The summed E-state index contributed by atoms with van der Waals surface area (Å²) < 4.78 is 0. The van der Waals surface area contributed by atoms with Crippen molar-refractivity contribution < 1.29 is 14.7 Å². The third kappa shape index (κ3) is 6.05. The first-order chi connectivity index (χ1) is 10.4. The standard InChI is InChI=1S/C14H22O.C5H7NO2/c1-13(2,3)10-7-8-12(15)11(9-10)14(4,5)6;7-4-2-1-3-5(8)6-4/h7-9,15H,1-6H3;1-3H2,(H,6,7,8). The molecule has 1 heterocycles. The minimum absolute atomic E-state index is 0.00859. The van der Waals surface area contributed by atoms with Crippen molar-refractivity contribution in [2.75, 3.05) is 0 Å². The average Bonchev–Trinajstić information content (AvgIpc) is 2.36. The molecule has 2 rings (SSSR count). The predicted octanol–water partition coefficient (Wildman–Crippen LogP) is 3.80. The Labute approximate surface area is 139 Å². The van der Waals surface area contributed by atoms with E-state index < -0.39 is 0 Å². The minimum atomic E-state index is -0.138. The fraction of sp³-hybridized carbons (Fsp3) is 0.579. The molecular formula is C19H29NO3. The van der Waals surface area contributed by atoms with Crippen molar-refractivity contribution >= 4 is 11.8 Å². The van der Waals surface area contributed by atoms with Crippen LogP contribution in [0.2, 0.25) is 0 Å². The third-order valence-corrected chi connectivity index (χ3v) is 3.76. The van der Waals surface area contributed by atoms with Crippen LogP contribution in [0.25, 0.3) is 0 Å². The molecule has 1 aromatic rings. The number of nitrogens with one attached hydrogen (secondary N) is 1. The second-order valence-electron chi connectivity index (χ2n) is 8.06. The van der Waals surface area contributed by atoms with Crippen molar-refractivity contribution in [3.63, 3.8) is 0 Å². The monoisotopic (exact) mass is 319 g/mol. The number of benzene rings is 1. The van der Waals surface area contributed by atoms with Gasteiger partial charge >= 0.3 is 0 Å². The molecule has 0 aliphatic carbocycles. The van der Waals surface area contributed by atoms with Crippen LogP contribution in [0.4, 0.5) is 0 Å². The van der Waals surface area contributed by atoms with Crippen LogP contribution in [0.1, 0.15) is 71.9 Å². The Morgan fingerprint density at radius 1 is 0.913 bits per heavy atom. The summed E-state index contributed by atoms with van der Waals surface area (Å²) in [7, 11) is 0. The topological polar surface area (TPSA) is 66.4 Å². The molecule has 1 fully saturated rings. The van der Waals surface area contributed by atoms with Crippen LogP contribution < -0.4 is 5.32 Å². The Kier molecular flexibility index (Phi) is 5.98. The molecule has 1 saturated heterocycles. The van der Waals surface area contributed by atoms with E-state index in [1.165, 1.54) is 5.56 Å². The van der Waals surface area contributed by atoms with Gasteiger partial charge in [-0.05, 0) is 34.4 Å². The average molecular weight is 319 g/mol. The number of carbonyl (C=O) groups is 2. The summed E-state index contributed by atoms with van der Waals surface area (Å²) >= 11 is 0. The highest BCUT2D eigenvalue weighted by atomic mass is 16.3. The molecule has 128 valence electrons. The number of hydrogen-bond donors (Lipinski definition) is 2. The molecule has 0 spiro atoms. The molecule has 0 bridgehead atoms. The second kappa shape index (κ2) is 7.16. The summed E-state index contributed by atoms with van der Waals surface area (Å²) in [5.41, 5.74) is 2.42. The van der Waals surface area contributed by atoms with E-state index in [-0.39, 0.29) is 22.6 Å². The minimum Gasteiger partial charge on any atom is -0.508 e. The summed E-state index contributed by atoms with van der Waals surface area (Å²) in [4.78, 5) is 20.7. The zero-order valence-corrected chi connectivity index (χ0v) is 15.1. The van der Waals surface area contributed by atoms with Crippen LogP contribution in [0.15, 0.2) is 18.2 Å². The molecule has 23 heavy (non-hydrogen) atoms. The molecule has 2 amide bonds. The van der Waals surface area contributed by atoms with E-state index in [2.05, 4.69) is 52.9 Å². The van der Waals surface area contributed by atoms with Crippen LogP contribution in [-0.2, 0) is 20.4 Å². The van der Waals surface area contributed by atoms with Gasteiger partial charge in [-0.25, -0.2) is 0 Å². The van der Waals surface area contributed by atoms with Crippen molar-refractivity contribution in [1.82, 2.24) is 5.32 Å². The van der Waals surface area contributed by atoms with Crippen LogP contribution in [0.3, 0.4) is 0 Å². The Morgan fingerprint density at radius 2 is 1.43 bits per heavy atom. The Balaban J connectivity index is 0.000000277. The van der Waals surface area contributed by atoms with Gasteiger partial charge in [0.05, 0.1) is 0 Å². The Hall–Kier alpha value is -1.84. The summed E-state index contributed by atoms with van der Waals surface area (Å²) in [6, 6.07) is 5.93. The number of piperidine rings is 1. The smallest absolute Gasteiger partial charge is 0.226 e. The van der Waals surface area contributed by atoms with Crippen molar-refractivity contribution in [2.45, 2.75) is 71.6 Å². The van der Waals surface area contributed by atoms with Crippen LogP contribution in [0.5, 0.6) is 5.75 Å². The van der Waals surface area contributed by atoms with E-state index in [1.54, 1.807) is 6.07 Å². The highest BCUT2D eigenvalue weighted by molar-refractivity contribution is 5.97. The van der Waals surface area contributed by atoms with E-state index in [0.29, 0.717) is 25.0 Å². The van der Waals surface area contributed by atoms with Crippen LogP contribution in [-0.4, -0.2) is 16.9 Å². The molecule has 0 aromatic heterocycles. The fourth-order valence-electron chi connectivity index (χ4n) is 2.29. The molecule has 0 atom stereocenters. The molecule has 1 aromatic carbocycles. The van der Waals surface area contributed by atoms with Gasteiger partial charge in [0.2, 0.25) is 11.8 Å². The summed E-state index contributed by atoms with van der Waals surface area (Å²) in [6.45, 7) is 12.9. The number of phenols is 1. The molecule has 1 aliphatic rings. The van der Waals surface area contributed by atoms with E-state index in [9.17, 15) is 14.7 Å². The molecule has 0 unspecified atom stereocenters. The largest absolute Gasteiger partial charge is 0.508 e. The Morgan fingerprint density at radius 3 is 1.78 bits per heavy atom. The first-order valence-corrected chi connectivity index (χ1v) is 8.08. The van der Waals surface area contributed by atoms with Gasteiger partial charge in [0.1, 0.15) is 5.75 Å². The molecule has 0 radical (unpaired) electrons. The second-order valence-corrected chi connectivity index (χ2v) is 8.06. The quantitative estimate of drug-likeness (QED) is 0.715. The number of aromatic hydroxyl groups is 1. The fourth-order valence-corrected chi connectivity index (χ4v) is 2.29. The maximum Gasteiger partial charge on any atom is 0.226 e. The molecule has 1 aliphatic heterocycles. The maximum atomic E-state index is 10.3. The molecule has 0 saturated carbocycles. The zero-order valence-electron chi connectivity index (χ0n) is 15.1. The number of amides is 2. The van der Waals surface area contributed by atoms with Gasteiger partial charge in [0.25, 0.3) is 0 Å². The van der Waals surface area contributed by atoms with Crippen molar-refractivity contribution in [3.8, 4) is 5.75 Å². The van der Waals surface area contributed by atoms with Crippen molar-refractivity contribution in [3.05, 3.63) is 29.3 Å². The van der Waals surface area contributed by atoms with Crippen molar-refractivity contribution in [2.24, 2.45) is 0 Å². The highest BCUT2D eigenvalue weighted by Crippen LogP contribution is 2.34. The number of imide groups is 1. The predicted molar refractivity (Wildman–Crippen MR) is 92.5 cm³/mol. The normalized spacial score (nSPS) is 15.6. The highest BCUT2D eigenvalue weighted by Gasteiger charge is 2.21. The molecule has 4 heteroatoms. The maximum absolute atomic E-state index is 10.3. The van der Waals surface area contributed by atoms with Gasteiger partial charge in [-0.2, -0.15) is 0 Å². The third-order valence-electron chi connectivity index (χ3n) is 3.76. The van der Waals surface area contributed by atoms with Crippen LogP contribution in [0, 0.1) is 0 Å². The van der Waals surface area contributed by atoms with Gasteiger partial charge in [-0.15, -0.1) is 0 Å². The summed E-state index contributed by atoms with van der Waals surface area (Å²) in [5, 5.41) is 12.0. The molecular weight excluding hydrogens is 290 g/mol. The lowest BCUT2D eigenvalue weighted by Crippen LogP contribution is -2.33. The van der Waals surface area contributed by atoms with E-state index in [0.717, 1.165) is 5.56 Å². The van der Waals surface area contributed by atoms with Gasteiger partial charge in [-0.3, -0.25) is 14.9 Å². The summed E-state index contributed by atoms with van der Waals surface area (Å²) in [5.74, 6) is 0.123. The zero-order chi connectivity index (χ0) is 17.8.